The number of hydrogen-bond donors (Lipinski definition) is 0. The molecule has 0 unspecified atom stereocenters. The minimum atomic E-state index is -0.598. The Balaban J connectivity index is 3.74. The van der Waals surface area contributed by atoms with Gasteiger partial charge in [-0.05, 0) is 20.8 Å². The van der Waals surface area contributed by atoms with E-state index >= 15 is 0 Å². The van der Waals surface area contributed by atoms with Crippen LogP contribution in [0.3, 0.4) is 0 Å². The van der Waals surface area contributed by atoms with Crippen LogP contribution in [0.1, 0.15) is 20.8 Å². The fourth-order valence-electron chi connectivity index (χ4n) is 0.285. The van der Waals surface area contributed by atoms with Gasteiger partial charge in [0.1, 0.15) is 5.60 Å². The summed E-state index contributed by atoms with van der Waals surface area (Å²) in [4.78, 5) is 10.4. The minimum Gasteiger partial charge on any atom is -0.442 e. The van der Waals surface area contributed by atoms with Crippen LogP contribution in [0.25, 0.3) is 0 Å². The van der Waals surface area contributed by atoms with Gasteiger partial charge in [-0.1, -0.05) is 0 Å². The van der Waals surface area contributed by atoms with Crippen molar-refractivity contribution >= 4 is 18.5 Å². The molecule has 54 valence electrons. The lowest BCUT2D eigenvalue weighted by molar-refractivity contribution is 0.0609. The standard InChI is InChI=1S/C5H11NO2S/c1-5(2,3)8-4(7)6-9/h9H2,1-3H3. The van der Waals surface area contributed by atoms with Gasteiger partial charge in [0, 0.05) is 0 Å². The molecule has 0 saturated heterocycles. The van der Waals surface area contributed by atoms with Gasteiger partial charge in [-0.3, -0.25) is 0 Å². The lowest BCUT2D eigenvalue weighted by atomic mass is 10.2. The van der Waals surface area contributed by atoms with Gasteiger partial charge in [-0.25, -0.2) is 4.79 Å². The lowest BCUT2D eigenvalue weighted by Crippen LogP contribution is -2.21. The quantitative estimate of drug-likeness (QED) is 0.517. The van der Waals surface area contributed by atoms with Crippen LogP contribution in [0.2, 0.25) is 0 Å². The smallest absolute Gasteiger partial charge is 0.439 e. The highest BCUT2D eigenvalue weighted by Crippen LogP contribution is 2.07. The first-order valence-corrected chi connectivity index (χ1v) is 3.01. The molecule has 0 aromatic heterocycles. The minimum absolute atomic E-state index is 0.451. The molecule has 9 heavy (non-hydrogen) atoms. The lowest BCUT2D eigenvalue weighted by Gasteiger charge is -2.16. The van der Waals surface area contributed by atoms with Crippen LogP contribution >= 0.6 is 0 Å². The maximum atomic E-state index is 10.4. The van der Waals surface area contributed by atoms with Gasteiger partial charge in [0.25, 0.3) is 0 Å². The number of carbonyl (C=O) groups is 1. The van der Waals surface area contributed by atoms with Gasteiger partial charge >= 0.3 is 6.09 Å². The third-order valence-corrected chi connectivity index (χ3v) is 0.667. The van der Waals surface area contributed by atoms with Crippen LogP contribution in [0.5, 0.6) is 0 Å². The normalized spacial score (nSPS) is 10.7. The fraction of sp³-hybridized carbons (Fsp3) is 0.800. The zero-order valence-corrected chi connectivity index (χ0v) is 6.76. The number of carbonyl (C=O) groups excluding carboxylic acids is 1. The van der Waals surface area contributed by atoms with Crippen molar-refractivity contribution in [1.82, 2.24) is 0 Å². The molecule has 0 atom stereocenters. The zero-order chi connectivity index (χ0) is 7.49. The van der Waals surface area contributed by atoms with Gasteiger partial charge in [-0.2, -0.15) is 4.36 Å². The molecule has 0 aliphatic heterocycles. The molecule has 3 nitrogen and oxygen atoms in total. The Morgan fingerprint density at radius 3 is 2.11 bits per heavy atom. The molecule has 0 radical (unpaired) electrons. The van der Waals surface area contributed by atoms with Crippen LogP contribution < -0.4 is 0 Å². The van der Waals surface area contributed by atoms with E-state index in [1.54, 1.807) is 20.8 Å². The summed E-state index contributed by atoms with van der Waals surface area (Å²) in [6.45, 7) is 5.34. The molecule has 0 heterocycles. The summed E-state index contributed by atoms with van der Waals surface area (Å²) in [5.74, 6) is 0. The number of amides is 1. The summed E-state index contributed by atoms with van der Waals surface area (Å²) in [5, 5.41) is 0. The van der Waals surface area contributed by atoms with Crippen LogP contribution in [-0.4, -0.2) is 11.7 Å². The first kappa shape index (κ1) is 8.62. The molecule has 0 fully saturated rings. The van der Waals surface area contributed by atoms with Crippen molar-refractivity contribution in [2.45, 2.75) is 26.4 Å². The molecule has 0 spiro atoms. The zero-order valence-electron chi connectivity index (χ0n) is 5.76. The Morgan fingerprint density at radius 2 is 2.00 bits per heavy atom. The molecule has 0 aromatic carbocycles. The van der Waals surface area contributed by atoms with E-state index in [2.05, 4.69) is 16.8 Å². The van der Waals surface area contributed by atoms with E-state index in [0.29, 0.717) is 0 Å². The molecule has 0 saturated carbocycles. The molecule has 0 rings (SSSR count). The van der Waals surface area contributed by atoms with E-state index in [9.17, 15) is 4.79 Å². The number of rotatable bonds is 0. The average Bonchev–Trinajstić information content (AvgIpc) is 1.62. The summed E-state index contributed by atoms with van der Waals surface area (Å²) in [5.41, 5.74) is -0.451. The maximum Gasteiger partial charge on any atom is 0.439 e. The Kier molecular flexibility index (Phi) is 2.84. The predicted octanol–water partition coefficient (Wildman–Crippen LogP) is 1.12. The van der Waals surface area contributed by atoms with Crippen molar-refractivity contribution in [3.63, 3.8) is 0 Å². The summed E-state index contributed by atoms with van der Waals surface area (Å²) in [7, 11) is 0. The van der Waals surface area contributed by atoms with Crippen molar-refractivity contribution in [1.29, 1.82) is 0 Å². The molecule has 0 aliphatic rings. The Morgan fingerprint density at radius 1 is 1.56 bits per heavy atom. The highest BCUT2D eigenvalue weighted by molar-refractivity contribution is 7.47. The first-order chi connectivity index (χ1) is 3.95. The van der Waals surface area contributed by atoms with Gasteiger partial charge in [0.2, 0.25) is 0 Å². The highest BCUT2D eigenvalue weighted by atomic mass is 32.1. The number of ether oxygens (including phenoxy) is 1. The van der Waals surface area contributed by atoms with E-state index in [-0.39, 0.29) is 0 Å². The molecule has 0 aliphatic carbocycles. The largest absolute Gasteiger partial charge is 0.442 e. The second-order valence-corrected chi connectivity index (χ2v) is 2.82. The van der Waals surface area contributed by atoms with Crippen LogP contribution in [0.15, 0.2) is 4.36 Å². The monoisotopic (exact) mass is 149 g/mol. The molecule has 4 heteroatoms. The van der Waals surface area contributed by atoms with E-state index in [1.165, 1.54) is 0 Å². The van der Waals surface area contributed by atoms with Gasteiger partial charge in [0.15, 0.2) is 0 Å². The Bertz CT molecular complexity index is 127. The SMILES string of the molecule is CC(C)(C)OC(=O)N=[SH2]. The summed E-state index contributed by atoms with van der Waals surface area (Å²) in [6.07, 6.45) is -0.598. The van der Waals surface area contributed by atoms with Crippen molar-refractivity contribution in [2.24, 2.45) is 4.36 Å². The molecule has 1 amide bonds. The van der Waals surface area contributed by atoms with Crippen LogP contribution in [-0.2, 0) is 17.2 Å². The van der Waals surface area contributed by atoms with Gasteiger partial charge in [0.05, 0.1) is 0 Å². The van der Waals surface area contributed by atoms with Gasteiger partial charge in [-0.15, -0.1) is 12.4 Å². The van der Waals surface area contributed by atoms with Crippen LogP contribution in [0, 0.1) is 0 Å². The predicted molar refractivity (Wildman–Crippen MR) is 38.8 cm³/mol. The van der Waals surface area contributed by atoms with E-state index in [0.717, 1.165) is 0 Å². The maximum absolute atomic E-state index is 10.4. The Hall–Kier alpha value is -0.380. The first-order valence-electron chi connectivity index (χ1n) is 2.56. The van der Waals surface area contributed by atoms with Crippen molar-refractivity contribution in [2.75, 3.05) is 0 Å². The molecule has 0 aromatic rings. The summed E-state index contributed by atoms with van der Waals surface area (Å²) >= 11 is 2.66. The summed E-state index contributed by atoms with van der Waals surface area (Å²) < 4.78 is 7.85. The van der Waals surface area contributed by atoms with Crippen molar-refractivity contribution in [3.8, 4) is 0 Å². The Labute approximate surface area is 59.6 Å². The van der Waals surface area contributed by atoms with E-state index in [4.69, 9.17) is 4.74 Å². The second-order valence-electron chi connectivity index (χ2n) is 2.59. The third kappa shape index (κ3) is 5.49. The van der Waals surface area contributed by atoms with Crippen molar-refractivity contribution in [3.05, 3.63) is 0 Å². The highest BCUT2D eigenvalue weighted by Gasteiger charge is 2.14. The number of nitrogens with zero attached hydrogens (tertiary/aromatic N) is 1. The molecular weight excluding hydrogens is 138 g/mol. The fourth-order valence-corrected chi connectivity index (χ4v) is 0.330. The molecule has 0 N–H and O–H groups in total. The second kappa shape index (κ2) is 2.96. The van der Waals surface area contributed by atoms with E-state index in [1.807, 2.05) is 0 Å². The third-order valence-electron chi connectivity index (χ3n) is 0.485. The van der Waals surface area contributed by atoms with Gasteiger partial charge < -0.3 is 4.74 Å². The topological polar surface area (TPSA) is 38.7 Å². The summed E-state index contributed by atoms with van der Waals surface area (Å²) in [6, 6.07) is 0. The van der Waals surface area contributed by atoms with E-state index < -0.39 is 11.7 Å². The van der Waals surface area contributed by atoms with Crippen LogP contribution in [0.4, 0.5) is 4.79 Å². The molecule has 0 bridgehead atoms. The van der Waals surface area contributed by atoms with Crippen molar-refractivity contribution < 1.29 is 9.53 Å². The number of hydrogen-bond acceptors (Lipinski definition) is 2. The average molecular weight is 149 g/mol. The molecular formula is C5H11NO2S.